The van der Waals surface area contributed by atoms with Crippen LogP contribution in [0.4, 0.5) is 15.9 Å². The molecule has 0 bridgehead atoms. The number of carboxylic acid groups (broad SMARTS) is 1. The van der Waals surface area contributed by atoms with Gasteiger partial charge in [-0.15, -0.1) is 0 Å². The molecule has 108 valence electrons. The van der Waals surface area contributed by atoms with Crippen LogP contribution in [0.1, 0.15) is 16.8 Å². The zero-order valence-corrected chi connectivity index (χ0v) is 11.1. The Hall–Kier alpha value is -2.63. The molecule has 0 saturated carbocycles. The van der Waals surface area contributed by atoms with Crippen LogP contribution in [0.3, 0.4) is 0 Å². The van der Waals surface area contributed by atoms with Gasteiger partial charge in [0.05, 0.1) is 18.5 Å². The molecule has 5 nitrogen and oxygen atoms in total. The number of anilines is 2. The monoisotopic (exact) mass is 288 g/mol. The number of aromatic carboxylic acids is 1. The van der Waals surface area contributed by atoms with E-state index < -0.39 is 11.8 Å². The minimum atomic E-state index is -1.21. The molecule has 0 amide bonds. The first-order valence-corrected chi connectivity index (χ1v) is 6.55. The van der Waals surface area contributed by atoms with Crippen molar-refractivity contribution in [3.8, 4) is 5.75 Å². The number of ether oxygens (including phenoxy) is 1. The van der Waals surface area contributed by atoms with E-state index >= 15 is 0 Å². The number of rotatable bonds is 2. The molecule has 1 aromatic carbocycles. The van der Waals surface area contributed by atoms with E-state index in [4.69, 9.17) is 4.74 Å². The van der Waals surface area contributed by atoms with Crippen LogP contribution in [-0.2, 0) is 0 Å². The van der Waals surface area contributed by atoms with E-state index in [-0.39, 0.29) is 11.4 Å². The molecule has 1 N–H and O–H groups in total. The second kappa shape index (κ2) is 5.40. The highest BCUT2D eigenvalue weighted by molar-refractivity contribution is 5.94. The SMILES string of the molecule is O=C(O)c1cc(F)cnc1N1CCCOc2ccccc21. The molecule has 0 unspecified atom stereocenters. The Morgan fingerprint density at radius 1 is 1.38 bits per heavy atom. The highest BCUT2D eigenvalue weighted by atomic mass is 19.1. The predicted molar refractivity (Wildman–Crippen MR) is 74.7 cm³/mol. The van der Waals surface area contributed by atoms with Crippen LogP contribution in [-0.4, -0.2) is 29.2 Å². The number of benzene rings is 1. The van der Waals surface area contributed by atoms with Crippen molar-refractivity contribution in [1.29, 1.82) is 0 Å². The van der Waals surface area contributed by atoms with E-state index in [1.54, 1.807) is 4.90 Å². The molecule has 2 aromatic rings. The summed E-state index contributed by atoms with van der Waals surface area (Å²) < 4.78 is 18.9. The van der Waals surface area contributed by atoms with E-state index in [0.717, 1.165) is 18.0 Å². The number of hydrogen-bond acceptors (Lipinski definition) is 4. The predicted octanol–water partition coefficient (Wildman–Crippen LogP) is 2.84. The summed E-state index contributed by atoms with van der Waals surface area (Å²) in [6.45, 7) is 1.09. The van der Waals surface area contributed by atoms with Crippen LogP contribution in [0.25, 0.3) is 0 Å². The molecular formula is C15H13FN2O3. The van der Waals surface area contributed by atoms with Gasteiger partial charge in [-0.2, -0.15) is 0 Å². The first-order valence-electron chi connectivity index (χ1n) is 6.55. The minimum Gasteiger partial charge on any atom is -0.491 e. The lowest BCUT2D eigenvalue weighted by Gasteiger charge is -2.24. The quantitative estimate of drug-likeness (QED) is 0.920. The van der Waals surface area contributed by atoms with Crippen molar-refractivity contribution in [3.05, 3.63) is 47.9 Å². The number of halogens is 1. The van der Waals surface area contributed by atoms with Gasteiger partial charge in [0.2, 0.25) is 0 Å². The van der Waals surface area contributed by atoms with Crippen molar-refractivity contribution in [2.45, 2.75) is 6.42 Å². The van der Waals surface area contributed by atoms with Crippen molar-refractivity contribution >= 4 is 17.5 Å². The fraction of sp³-hybridized carbons (Fsp3) is 0.200. The number of para-hydroxylation sites is 2. The lowest BCUT2D eigenvalue weighted by molar-refractivity contribution is 0.0696. The molecule has 0 atom stereocenters. The summed E-state index contributed by atoms with van der Waals surface area (Å²) in [5, 5.41) is 9.27. The van der Waals surface area contributed by atoms with E-state index in [0.29, 0.717) is 25.3 Å². The average Bonchev–Trinajstić information content (AvgIpc) is 2.69. The van der Waals surface area contributed by atoms with E-state index in [1.165, 1.54) is 0 Å². The van der Waals surface area contributed by atoms with Gasteiger partial charge in [0.15, 0.2) is 0 Å². The summed E-state index contributed by atoms with van der Waals surface area (Å²) in [5.41, 5.74) is 0.573. The van der Waals surface area contributed by atoms with Crippen LogP contribution < -0.4 is 9.64 Å². The van der Waals surface area contributed by atoms with Crippen LogP contribution >= 0.6 is 0 Å². The van der Waals surface area contributed by atoms with Crippen molar-refractivity contribution < 1.29 is 19.0 Å². The Morgan fingerprint density at radius 2 is 2.19 bits per heavy atom. The minimum absolute atomic E-state index is 0.160. The molecule has 0 fully saturated rings. The first kappa shape index (κ1) is 13.4. The molecule has 21 heavy (non-hydrogen) atoms. The molecule has 0 saturated heterocycles. The summed E-state index contributed by atoms with van der Waals surface area (Å²) in [4.78, 5) is 17.1. The number of pyridine rings is 1. The van der Waals surface area contributed by atoms with Gasteiger partial charge in [-0.1, -0.05) is 12.1 Å². The first-order chi connectivity index (χ1) is 10.2. The van der Waals surface area contributed by atoms with Crippen LogP contribution in [0.2, 0.25) is 0 Å². The number of hydrogen-bond donors (Lipinski definition) is 1. The standard InChI is InChI=1S/C15H13FN2O3/c16-10-8-11(15(19)20)14(17-9-10)18-6-3-7-21-13-5-2-1-4-12(13)18/h1-2,4-5,8-9H,3,6-7H2,(H,19,20). The van der Waals surface area contributed by atoms with Gasteiger partial charge in [0.1, 0.15) is 22.9 Å². The van der Waals surface area contributed by atoms with Crippen molar-refractivity contribution in [1.82, 2.24) is 4.98 Å². The lowest BCUT2D eigenvalue weighted by atomic mass is 10.2. The Morgan fingerprint density at radius 3 is 3.00 bits per heavy atom. The van der Waals surface area contributed by atoms with Gasteiger partial charge in [-0.25, -0.2) is 14.2 Å². The third-order valence-corrected chi connectivity index (χ3v) is 3.26. The summed E-state index contributed by atoms with van der Waals surface area (Å²) in [5.74, 6) is -0.991. The number of carboxylic acids is 1. The van der Waals surface area contributed by atoms with Gasteiger partial charge in [0, 0.05) is 6.54 Å². The number of aromatic nitrogens is 1. The second-order valence-electron chi connectivity index (χ2n) is 4.65. The van der Waals surface area contributed by atoms with Crippen LogP contribution in [0.15, 0.2) is 36.5 Å². The molecule has 0 radical (unpaired) electrons. The maximum Gasteiger partial charge on any atom is 0.339 e. The summed E-state index contributed by atoms with van der Waals surface area (Å²) in [7, 11) is 0. The van der Waals surface area contributed by atoms with Gasteiger partial charge >= 0.3 is 5.97 Å². The highest BCUT2D eigenvalue weighted by Gasteiger charge is 2.23. The van der Waals surface area contributed by atoms with Crippen molar-refractivity contribution in [2.24, 2.45) is 0 Å². The zero-order chi connectivity index (χ0) is 14.8. The molecule has 1 aliphatic heterocycles. The Balaban J connectivity index is 2.14. The number of nitrogens with zero attached hydrogens (tertiary/aromatic N) is 2. The van der Waals surface area contributed by atoms with E-state index in [2.05, 4.69) is 4.98 Å². The maximum atomic E-state index is 13.3. The van der Waals surface area contributed by atoms with Crippen LogP contribution in [0, 0.1) is 5.82 Å². The van der Waals surface area contributed by atoms with E-state index in [9.17, 15) is 14.3 Å². The van der Waals surface area contributed by atoms with Gasteiger partial charge in [-0.05, 0) is 24.6 Å². The molecule has 1 aliphatic rings. The topological polar surface area (TPSA) is 62.7 Å². The Labute approximate surface area is 120 Å². The second-order valence-corrected chi connectivity index (χ2v) is 4.65. The smallest absolute Gasteiger partial charge is 0.339 e. The normalized spacial score (nSPS) is 14.0. The summed E-state index contributed by atoms with van der Waals surface area (Å²) in [6.07, 6.45) is 1.74. The van der Waals surface area contributed by atoms with Gasteiger partial charge in [-0.3, -0.25) is 0 Å². The van der Waals surface area contributed by atoms with E-state index in [1.807, 2.05) is 24.3 Å². The largest absolute Gasteiger partial charge is 0.491 e. The number of fused-ring (bicyclic) bond motifs is 1. The average molecular weight is 288 g/mol. The molecule has 0 spiro atoms. The summed E-state index contributed by atoms with van der Waals surface area (Å²) >= 11 is 0. The molecule has 3 rings (SSSR count). The maximum absolute atomic E-state index is 13.3. The summed E-state index contributed by atoms with van der Waals surface area (Å²) in [6, 6.07) is 8.32. The Bertz CT molecular complexity index is 690. The molecule has 0 aliphatic carbocycles. The van der Waals surface area contributed by atoms with Crippen molar-refractivity contribution in [2.75, 3.05) is 18.1 Å². The van der Waals surface area contributed by atoms with Gasteiger partial charge in [0.25, 0.3) is 0 Å². The molecule has 2 heterocycles. The van der Waals surface area contributed by atoms with Crippen molar-refractivity contribution in [3.63, 3.8) is 0 Å². The third-order valence-electron chi connectivity index (χ3n) is 3.26. The zero-order valence-electron chi connectivity index (χ0n) is 11.1. The highest BCUT2D eigenvalue weighted by Crippen LogP contribution is 2.36. The molecular weight excluding hydrogens is 275 g/mol. The number of carbonyl (C=O) groups is 1. The van der Waals surface area contributed by atoms with Crippen LogP contribution in [0.5, 0.6) is 5.75 Å². The third kappa shape index (κ3) is 2.52. The lowest BCUT2D eigenvalue weighted by Crippen LogP contribution is -2.22. The van der Waals surface area contributed by atoms with Gasteiger partial charge < -0.3 is 14.7 Å². The fourth-order valence-electron chi connectivity index (χ4n) is 2.35. The Kier molecular flexibility index (Phi) is 3.43. The molecule has 6 heteroatoms. The fourth-order valence-corrected chi connectivity index (χ4v) is 2.35. The molecule has 1 aromatic heterocycles.